The Balaban J connectivity index is 1.39. The lowest BCUT2D eigenvalue weighted by Gasteiger charge is -2.53. The number of hydrogen-bond donors (Lipinski definition) is 0. The number of rotatable bonds is 8. The number of benzene rings is 2. The Kier molecular flexibility index (Phi) is 5.79. The Morgan fingerprint density at radius 3 is 2.25 bits per heavy atom. The Hall–Kier alpha value is -2.62. The van der Waals surface area contributed by atoms with Gasteiger partial charge in [-0.1, -0.05) is 56.5 Å². The molecule has 3 fully saturated rings. The molecule has 32 heavy (non-hydrogen) atoms. The lowest BCUT2D eigenvalue weighted by Crippen LogP contribution is -2.45. The van der Waals surface area contributed by atoms with Gasteiger partial charge in [0.05, 0.1) is 5.56 Å². The fraction of sp³-hybridized carbons (Fsp3) is 0.500. The normalized spacial score (nSPS) is 24.6. The molecule has 0 saturated heterocycles. The second-order valence-corrected chi connectivity index (χ2v) is 10.1. The van der Waals surface area contributed by atoms with E-state index in [0.717, 1.165) is 22.9 Å². The molecule has 0 spiro atoms. The molecular weight excluding hydrogens is 394 g/mol. The van der Waals surface area contributed by atoms with Crippen LogP contribution in [0.4, 0.5) is 0 Å². The van der Waals surface area contributed by atoms with Gasteiger partial charge in [-0.15, -0.1) is 10.2 Å². The van der Waals surface area contributed by atoms with Gasteiger partial charge in [0.25, 0.3) is 0 Å². The SMILES string of the molecule is CCCCCC12CCC(c3nnc(-c4ccccc4Oc4ccccc4)n3C)(CC1)CC2. The molecule has 4 nitrogen and oxygen atoms in total. The van der Waals surface area contributed by atoms with Crippen molar-refractivity contribution < 1.29 is 4.74 Å². The van der Waals surface area contributed by atoms with Crippen LogP contribution in [0.15, 0.2) is 54.6 Å². The molecule has 3 saturated carbocycles. The summed E-state index contributed by atoms with van der Waals surface area (Å²) in [4.78, 5) is 0. The molecule has 4 heteroatoms. The molecular formula is C28H35N3O. The molecule has 0 aliphatic heterocycles. The predicted molar refractivity (Wildman–Crippen MR) is 129 cm³/mol. The van der Waals surface area contributed by atoms with Crippen molar-refractivity contribution in [2.24, 2.45) is 12.5 Å². The lowest BCUT2D eigenvalue weighted by atomic mass is 9.52. The number of ether oxygens (including phenoxy) is 1. The molecule has 0 unspecified atom stereocenters. The van der Waals surface area contributed by atoms with Gasteiger partial charge in [0.2, 0.25) is 0 Å². The average Bonchev–Trinajstić information content (AvgIpc) is 3.23. The van der Waals surface area contributed by atoms with E-state index < -0.39 is 0 Å². The largest absolute Gasteiger partial charge is 0.457 e. The van der Waals surface area contributed by atoms with Crippen molar-refractivity contribution >= 4 is 0 Å². The third-order valence-electron chi connectivity index (χ3n) is 8.16. The van der Waals surface area contributed by atoms with E-state index in [0.29, 0.717) is 5.41 Å². The third-order valence-corrected chi connectivity index (χ3v) is 8.16. The first-order valence-electron chi connectivity index (χ1n) is 12.4. The van der Waals surface area contributed by atoms with Crippen LogP contribution in [-0.4, -0.2) is 14.8 Å². The van der Waals surface area contributed by atoms with Gasteiger partial charge in [-0.25, -0.2) is 0 Å². The summed E-state index contributed by atoms with van der Waals surface area (Å²) in [5, 5.41) is 9.47. The van der Waals surface area contributed by atoms with E-state index in [4.69, 9.17) is 9.84 Å². The van der Waals surface area contributed by atoms with E-state index in [2.05, 4.69) is 29.7 Å². The maximum atomic E-state index is 6.21. The predicted octanol–water partition coefficient (Wildman–Crippen LogP) is 7.45. The summed E-state index contributed by atoms with van der Waals surface area (Å²) < 4.78 is 8.45. The Morgan fingerprint density at radius 2 is 1.53 bits per heavy atom. The zero-order valence-electron chi connectivity index (χ0n) is 19.5. The van der Waals surface area contributed by atoms with Gasteiger partial charge < -0.3 is 9.30 Å². The van der Waals surface area contributed by atoms with E-state index in [9.17, 15) is 0 Å². The quantitative estimate of drug-likeness (QED) is 0.349. The number of fused-ring (bicyclic) bond motifs is 3. The Bertz CT molecular complexity index is 1030. The smallest absolute Gasteiger partial charge is 0.167 e. The van der Waals surface area contributed by atoms with Crippen LogP contribution >= 0.6 is 0 Å². The van der Waals surface area contributed by atoms with Crippen LogP contribution in [0.25, 0.3) is 11.4 Å². The summed E-state index contributed by atoms with van der Waals surface area (Å²) in [5.41, 5.74) is 1.80. The monoisotopic (exact) mass is 429 g/mol. The zero-order valence-corrected chi connectivity index (χ0v) is 19.5. The van der Waals surface area contributed by atoms with E-state index in [1.165, 1.54) is 70.0 Å². The van der Waals surface area contributed by atoms with Crippen molar-refractivity contribution in [2.75, 3.05) is 0 Å². The van der Waals surface area contributed by atoms with Crippen LogP contribution in [-0.2, 0) is 12.5 Å². The summed E-state index contributed by atoms with van der Waals surface area (Å²) in [6.07, 6.45) is 13.3. The van der Waals surface area contributed by atoms with E-state index >= 15 is 0 Å². The highest BCUT2D eigenvalue weighted by molar-refractivity contribution is 5.65. The summed E-state index contributed by atoms with van der Waals surface area (Å²) in [5.74, 6) is 3.72. The number of aromatic nitrogens is 3. The highest BCUT2D eigenvalue weighted by atomic mass is 16.5. The highest BCUT2D eigenvalue weighted by Gasteiger charge is 2.51. The van der Waals surface area contributed by atoms with E-state index in [-0.39, 0.29) is 5.41 Å². The van der Waals surface area contributed by atoms with Crippen LogP contribution in [0.5, 0.6) is 11.5 Å². The molecule has 0 radical (unpaired) electrons. The van der Waals surface area contributed by atoms with Gasteiger partial charge in [0, 0.05) is 12.5 Å². The number of unbranched alkanes of at least 4 members (excludes halogenated alkanes) is 2. The third kappa shape index (κ3) is 3.85. The fourth-order valence-electron chi connectivity index (χ4n) is 6.11. The van der Waals surface area contributed by atoms with Crippen LogP contribution < -0.4 is 4.74 Å². The second-order valence-electron chi connectivity index (χ2n) is 10.1. The average molecular weight is 430 g/mol. The molecule has 168 valence electrons. The van der Waals surface area contributed by atoms with Crippen molar-refractivity contribution in [2.45, 2.75) is 76.5 Å². The molecule has 1 aromatic heterocycles. The summed E-state index contributed by atoms with van der Waals surface area (Å²) >= 11 is 0. The minimum absolute atomic E-state index is 0.196. The second kappa shape index (κ2) is 8.73. The molecule has 3 aromatic rings. The molecule has 3 aliphatic rings. The Labute approximate surface area is 192 Å². The van der Waals surface area contributed by atoms with Crippen LogP contribution in [0.3, 0.4) is 0 Å². The number of hydrogen-bond acceptors (Lipinski definition) is 3. The first-order valence-corrected chi connectivity index (χ1v) is 12.4. The van der Waals surface area contributed by atoms with Crippen molar-refractivity contribution in [3.8, 4) is 22.9 Å². The van der Waals surface area contributed by atoms with E-state index in [1.807, 2.05) is 48.5 Å². The molecule has 0 atom stereocenters. The summed E-state index contributed by atoms with van der Waals surface area (Å²) in [6.45, 7) is 2.30. The van der Waals surface area contributed by atoms with Crippen LogP contribution in [0.1, 0.15) is 77.0 Å². The van der Waals surface area contributed by atoms with Crippen molar-refractivity contribution in [1.82, 2.24) is 14.8 Å². The molecule has 0 N–H and O–H groups in total. The van der Waals surface area contributed by atoms with Crippen molar-refractivity contribution in [3.63, 3.8) is 0 Å². The maximum Gasteiger partial charge on any atom is 0.167 e. The van der Waals surface area contributed by atoms with Gasteiger partial charge in [-0.2, -0.15) is 0 Å². The van der Waals surface area contributed by atoms with E-state index in [1.54, 1.807) is 0 Å². The van der Waals surface area contributed by atoms with Crippen LogP contribution in [0, 0.1) is 5.41 Å². The number of para-hydroxylation sites is 2. The topological polar surface area (TPSA) is 39.9 Å². The molecule has 2 aromatic carbocycles. The zero-order chi connectivity index (χ0) is 22.0. The molecule has 3 aliphatic carbocycles. The molecule has 0 amide bonds. The van der Waals surface area contributed by atoms with Gasteiger partial charge in [0.1, 0.15) is 17.3 Å². The summed E-state index contributed by atoms with van der Waals surface area (Å²) in [6, 6.07) is 18.1. The highest BCUT2D eigenvalue weighted by Crippen LogP contribution is 2.59. The van der Waals surface area contributed by atoms with Gasteiger partial charge >= 0.3 is 0 Å². The minimum Gasteiger partial charge on any atom is -0.457 e. The minimum atomic E-state index is 0.196. The van der Waals surface area contributed by atoms with Gasteiger partial charge in [0.15, 0.2) is 5.82 Å². The van der Waals surface area contributed by atoms with Gasteiger partial charge in [-0.05, 0) is 74.6 Å². The van der Waals surface area contributed by atoms with Crippen molar-refractivity contribution in [3.05, 3.63) is 60.4 Å². The number of nitrogens with zero attached hydrogens (tertiary/aromatic N) is 3. The molecule has 2 bridgehead atoms. The first-order chi connectivity index (χ1) is 15.6. The fourth-order valence-corrected chi connectivity index (χ4v) is 6.11. The first kappa shape index (κ1) is 21.2. The molecule has 6 rings (SSSR count). The van der Waals surface area contributed by atoms with Crippen molar-refractivity contribution in [1.29, 1.82) is 0 Å². The standard InChI is InChI=1S/C28H35N3O/c1-3-4-10-15-27-16-19-28(20-17-27,21-18-27)26-30-29-25(31(26)2)23-13-8-9-14-24(23)32-22-11-6-5-7-12-22/h5-9,11-14H,3-4,10,15-21H2,1-2H3. The Morgan fingerprint density at radius 1 is 0.844 bits per heavy atom. The van der Waals surface area contributed by atoms with Crippen LogP contribution in [0.2, 0.25) is 0 Å². The maximum absolute atomic E-state index is 6.21. The summed E-state index contributed by atoms with van der Waals surface area (Å²) in [7, 11) is 2.14. The van der Waals surface area contributed by atoms with Gasteiger partial charge in [-0.3, -0.25) is 0 Å². The molecule has 1 heterocycles. The lowest BCUT2D eigenvalue weighted by molar-refractivity contribution is 0.0250.